The standard InChI is InChI=1S/C11H11N3O3/c1-13-7-12-5-8(13)6-14-4-2-3-9(10(14)15)11(16)17/h2-5,7H,6H2,1H3,(H,16,17). The number of carbonyl (C=O) groups is 1. The molecule has 0 aliphatic heterocycles. The third kappa shape index (κ3) is 2.10. The Morgan fingerprint density at radius 3 is 2.88 bits per heavy atom. The molecule has 0 bridgehead atoms. The van der Waals surface area contributed by atoms with Crippen molar-refractivity contribution in [1.29, 1.82) is 0 Å². The summed E-state index contributed by atoms with van der Waals surface area (Å²) < 4.78 is 3.13. The molecule has 0 aliphatic rings. The molecule has 2 heterocycles. The minimum absolute atomic E-state index is 0.227. The Bertz CT molecular complexity index is 612. The van der Waals surface area contributed by atoms with Crippen LogP contribution in [0.3, 0.4) is 0 Å². The van der Waals surface area contributed by atoms with Gasteiger partial charge in [0.15, 0.2) is 0 Å². The van der Waals surface area contributed by atoms with E-state index >= 15 is 0 Å². The van der Waals surface area contributed by atoms with Gasteiger partial charge in [-0.1, -0.05) is 0 Å². The van der Waals surface area contributed by atoms with E-state index in [4.69, 9.17) is 5.11 Å². The number of aromatic nitrogens is 3. The molecule has 0 fully saturated rings. The van der Waals surface area contributed by atoms with Gasteiger partial charge in [0.1, 0.15) is 5.56 Å². The first-order chi connectivity index (χ1) is 8.09. The molecule has 6 nitrogen and oxygen atoms in total. The first-order valence-electron chi connectivity index (χ1n) is 4.97. The Hall–Kier alpha value is -2.37. The number of pyridine rings is 1. The molecule has 88 valence electrons. The van der Waals surface area contributed by atoms with E-state index in [1.807, 2.05) is 7.05 Å². The quantitative estimate of drug-likeness (QED) is 0.828. The predicted molar refractivity (Wildman–Crippen MR) is 60.0 cm³/mol. The lowest BCUT2D eigenvalue weighted by molar-refractivity contribution is 0.0694. The molecule has 2 aromatic rings. The normalized spacial score (nSPS) is 10.4. The Labute approximate surface area is 96.8 Å². The van der Waals surface area contributed by atoms with Gasteiger partial charge in [-0.15, -0.1) is 0 Å². The Kier molecular flexibility index (Phi) is 2.78. The van der Waals surface area contributed by atoms with Crippen molar-refractivity contribution >= 4 is 5.97 Å². The molecule has 0 saturated carbocycles. The van der Waals surface area contributed by atoms with Crippen LogP contribution in [0, 0.1) is 0 Å². The average Bonchev–Trinajstić information content (AvgIpc) is 2.67. The summed E-state index contributed by atoms with van der Waals surface area (Å²) in [7, 11) is 1.81. The Morgan fingerprint density at radius 2 is 2.29 bits per heavy atom. The zero-order valence-electron chi connectivity index (χ0n) is 9.20. The van der Waals surface area contributed by atoms with Crippen LogP contribution in [0.15, 0.2) is 35.6 Å². The number of nitrogens with zero attached hydrogens (tertiary/aromatic N) is 3. The van der Waals surface area contributed by atoms with E-state index in [-0.39, 0.29) is 5.56 Å². The minimum atomic E-state index is -1.21. The van der Waals surface area contributed by atoms with Crippen LogP contribution in [0.1, 0.15) is 16.1 Å². The summed E-state index contributed by atoms with van der Waals surface area (Å²) in [4.78, 5) is 26.5. The highest BCUT2D eigenvalue weighted by Gasteiger charge is 2.10. The summed E-state index contributed by atoms with van der Waals surface area (Å²) in [5, 5.41) is 8.84. The second-order valence-corrected chi connectivity index (χ2v) is 3.66. The topological polar surface area (TPSA) is 77.1 Å². The van der Waals surface area contributed by atoms with E-state index in [1.54, 1.807) is 29.4 Å². The van der Waals surface area contributed by atoms with E-state index in [2.05, 4.69) is 4.98 Å². The zero-order valence-corrected chi connectivity index (χ0v) is 9.20. The third-order valence-electron chi connectivity index (χ3n) is 2.50. The van der Waals surface area contributed by atoms with E-state index in [1.165, 1.54) is 10.6 Å². The molecular formula is C11H11N3O3. The van der Waals surface area contributed by atoms with Gasteiger partial charge in [0.25, 0.3) is 5.56 Å². The van der Waals surface area contributed by atoms with Gasteiger partial charge in [-0.05, 0) is 12.1 Å². The fraction of sp³-hybridized carbons (Fsp3) is 0.182. The van der Waals surface area contributed by atoms with Crippen molar-refractivity contribution in [2.75, 3.05) is 0 Å². The molecule has 0 aromatic carbocycles. The van der Waals surface area contributed by atoms with Crippen molar-refractivity contribution < 1.29 is 9.90 Å². The molecule has 0 radical (unpaired) electrons. The number of hydrogen-bond donors (Lipinski definition) is 1. The fourth-order valence-corrected chi connectivity index (χ4v) is 1.54. The molecular weight excluding hydrogens is 222 g/mol. The molecule has 0 unspecified atom stereocenters. The highest BCUT2D eigenvalue weighted by Crippen LogP contribution is 2.00. The number of hydrogen-bond acceptors (Lipinski definition) is 3. The van der Waals surface area contributed by atoms with E-state index in [0.717, 1.165) is 5.69 Å². The van der Waals surface area contributed by atoms with Crippen LogP contribution < -0.4 is 5.56 Å². The van der Waals surface area contributed by atoms with Crippen LogP contribution in [0.4, 0.5) is 0 Å². The van der Waals surface area contributed by atoms with Crippen molar-refractivity contribution in [3.05, 3.63) is 52.5 Å². The average molecular weight is 233 g/mol. The monoisotopic (exact) mass is 233 g/mol. The van der Waals surface area contributed by atoms with Crippen LogP contribution >= 0.6 is 0 Å². The fourth-order valence-electron chi connectivity index (χ4n) is 1.54. The summed E-state index contributed by atoms with van der Waals surface area (Å²) in [6, 6.07) is 2.84. The molecule has 2 rings (SSSR count). The summed E-state index contributed by atoms with van der Waals surface area (Å²) >= 11 is 0. The smallest absolute Gasteiger partial charge is 0.341 e. The van der Waals surface area contributed by atoms with Crippen molar-refractivity contribution in [3.8, 4) is 0 Å². The van der Waals surface area contributed by atoms with Crippen molar-refractivity contribution in [2.24, 2.45) is 7.05 Å². The number of aryl methyl sites for hydroxylation is 1. The molecule has 2 aromatic heterocycles. The van der Waals surface area contributed by atoms with Crippen molar-refractivity contribution in [1.82, 2.24) is 14.1 Å². The lowest BCUT2D eigenvalue weighted by atomic mass is 10.3. The van der Waals surface area contributed by atoms with Gasteiger partial charge in [0.2, 0.25) is 0 Å². The maximum atomic E-state index is 11.8. The molecule has 0 spiro atoms. The third-order valence-corrected chi connectivity index (χ3v) is 2.50. The number of imidazole rings is 1. The SMILES string of the molecule is Cn1cncc1Cn1cccc(C(=O)O)c1=O. The van der Waals surface area contributed by atoms with Crippen LogP contribution in [0.5, 0.6) is 0 Å². The number of aromatic carboxylic acids is 1. The lowest BCUT2D eigenvalue weighted by Crippen LogP contribution is -2.26. The van der Waals surface area contributed by atoms with Crippen molar-refractivity contribution in [3.63, 3.8) is 0 Å². The van der Waals surface area contributed by atoms with Crippen LogP contribution in [0.2, 0.25) is 0 Å². The van der Waals surface area contributed by atoms with Gasteiger partial charge in [-0.25, -0.2) is 9.78 Å². The maximum Gasteiger partial charge on any atom is 0.341 e. The largest absolute Gasteiger partial charge is 0.477 e. The van der Waals surface area contributed by atoms with E-state index in [0.29, 0.717) is 6.54 Å². The number of carboxylic acids is 1. The van der Waals surface area contributed by atoms with Gasteiger partial charge >= 0.3 is 5.97 Å². The lowest BCUT2D eigenvalue weighted by Gasteiger charge is -2.06. The van der Waals surface area contributed by atoms with Gasteiger partial charge in [0.05, 0.1) is 18.6 Å². The zero-order chi connectivity index (χ0) is 12.4. The summed E-state index contributed by atoms with van der Waals surface area (Å²) in [5.41, 5.74) is 0.0884. The molecule has 0 amide bonds. The van der Waals surface area contributed by atoms with E-state index < -0.39 is 11.5 Å². The van der Waals surface area contributed by atoms with Crippen molar-refractivity contribution in [2.45, 2.75) is 6.54 Å². The van der Waals surface area contributed by atoms with E-state index in [9.17, 15) is 9.59 Å². The summed E-state index contributed by atoms with van der Waals surface area (Å²) in [6.07, 6.45) is 4.82. The summed E-state index contributed by atoms with van der Waals surface area (Å²) in [6.45, 7) is 0.302. The first kappa shape index (κ1) is 11.1. The second-order valence-electron chi connectivity index (χ2n) is 3.66. The van der Waals surface area contributed by atoms with Crippen LogP contribution in [-0.4, -0.2) is 25.2 Å². The van der Waals surface area contributed by atoms with Crippen LogP contribution in [-0.2, 0) is 13.6 Å². The minimum Gasteiger partial charge on any atom is -0.477 e. The molecule has 17 heavy (non-hydrogen) atoms. The maximum absolute atomic E-state index is 11.8. The van der Waals surface area contributed by atoms with Crippen LogP contribution in [0.25, 0.3) is 0 Å². The summed E-state index contributed by atoms with van der Waals surface area (Å²) in [5.74, 6) is -1.21. The highest BCUT2D eigenvalue weighted by molar-refractivity contribution is 5.86. The number of carboxylic acid groups (broad SMARTS) is 1. The van der Waals surface area contributed by atoms with Gasteiger partial charge in [-0.3, -0.25) is 4.79 Å². The van der Waals surface area contributed by atoms with Gasteiger partial charge in [0, 0.05) is 19.4 Å². The second kappa shape index (κ2) is 4.25. The highest BCUT2D eigenvalue weighted by atomic mass is 16.4. The predicted octanol–water partition coefficient (Wildman–Crippen LogP) is 0.328. The van der Waals surface area contributed by atoms with Gasteiger partial charge < -0.3 is 14.2 Å². The Balaban J connectivity index is 2.41. The number of rotatable bonds is 3. The molecule has 6 heteroatoms. The molecule has 1 N–H and O–H groups in total. The molecule has 0 atom stereocenters. The van der Waals surface area contributed by atoms with Gasteiger partial charge in [-0.2, -0.15) is 0 Å². The molecule has 0 saturated heterocycles. The molecule has 0 aliphatic carbocycles. The Morgan fingerprint density at radius 1 is 1.53 bits per heavy atom. The first-order valence-corrected chi connectivity index (χ1v) is 4.97.